The van der Waals surface area contributed by atoms with Crippen LogP contribution in [-0.4, -0.2) is 25.3 Å². The van der Waals surface area contributed by atoms with Gasteiger partial charge in [-0.15, -0.1) is 0 Å². The normalized spacial score (nSPS) is 10.5. The van der Waals surface area contributed by atoms with Crippen LogP contribution in [-0.2, 0) is 6.61 Å². The number of halogens is 1. The van der Waals surface area contributed by atoms with Gasteiger partial charge >= 0.3 is 0 Å². The highest BCUT2D eigenvalue weighted by atomic mass is 35.5. The van der Waals surface area contributed by atoms with E-state index < -0.39 is 0 Å². The Morgan fingerprint density at radius 3 is 2.50 bits per heavy atom. The molecular weight excluding hydrogens is 454 g/mol. The fourth-order valence-electron chi connectivity index (χ4n) is 3.07. The molecule has 0 spiro atoms. The Morgan fingerprint density at radius 1 is 1.06 bits per heavy atom. The van der Waals surface area contributed by atoms with Crippen LogP contribution in [0, 0.1) is 11.3 Å². The molecule has 0 aliphatic rings. The predicted octanol–water partition coefficient (Wildman–Crippen LogP) is 5.35. The zero-order valence-corrected chi connectivity index (χ0v) is 19.6. The van der Waals surface area contributed by atoms with Crippen LogP contribution >= 0.6 is 11.6 Å². The summed E-state index contributed by atoms with van der Waals surface area (Å²) in [6, 6.07) is 19.5. The Hall–Kier alpha value is -4.02. The monoisotopic (exact) mass is 477 g/mol. The molecule has 3 aromatic carbocycles. The lowest BCUT2D eigenvalue weighted by atomic mass is 10.1. The molecule has 0 saturated heterocycles. The molecule has 34 heavy (non-hydrogen) atoms. The zero-order chi connectivity index (χ0) is 24.3. The van der Waals surface area contributed by atoms with Crippen molar-refractivity contribution in [1.82, 2.24) is 5.43 Å². The summed E-state index contributed by atoms with van der Waals surface area (Å²) in [5, 5.41) is 13.6. The summed E-state index contributed by atoms with van der Waals surface area (Å²) in [5.41, 5.74) is 4.83. The van der Waals surface area contributed by atoms with Crippen molar-refractivity contribution in [3.63, 3.8) is 0 Å². The van der Waals surface area contributed by atoms with Crippen LogP contribution in [0.2, 0.25) is 5.02 Å². The summed E-state index contributed by atoms with van der Waals surface area (Å²) < 4.78 is 17.0. The molecule has 3 rings (SSSR count). The van der Waals surface area contributed by atoms with Gasteiger partial charge in [0.15, 0.2) is 11.5 Å². The average Bonchev–Trinajstić information content (AvgIpc) is 2.84. The minimum absolute atomic E-state index is 0.162. The van der Waals surface area contributed by atoms with Gasteiger partial charge in [-0.1, -0.05) is 29.8 Å². The number of ether oxygens (including phenoxy) is 3. The van der Waals surface area contributed by atoms with Crippen molar-refractivity contribution in [2.45, 2.75) is 20.5 Å². The zero-order valence-electron chi connectivity index (χ0n) is 18.9. The number of carbonyl (C=O) groups excluding carboxylic acids is 1. The van der Waals surface area contributed by atoms with Gasteiger partial charge in [-0.3, -0.25) is 4.79 Å². The van der Waals surface area contributed by atoms with E-state index in [4.69, 9.17) is 25.8 Å². The van der Waals surface area contributed by atoms with Gasteiger partial charge in [-0.05, 0) is 61.9 Å². The second kappa shape index (κ2) is 12.3. The number of nitrogens with zero attached hydrogens (tertiary/aromatic N) is 2. The highest BCUT2D eigenvalue weighted by molar-refractivity contribution is 6.32. The van der Waals surface area contributed by atoms with E-state index in [-0.39, 0.29) is 12.5 Å². The Balaban J connectivity index is 1.71. The van der Waals surface area contributed by atoms with Crippen LogP contribution in [0.15, 0.2) is 65.8 Å². The van der Waals surface area contributed by atoms with Crippen LogP contribution < -0.4 is 19.6 Å². The number of carbonyl (C=O) groups is 1. The third-order valence-corrected chi connectivity index (χ3v) is 4.93. The fraction of sp³-hybridized carbons (Fsp3) is 0.192. The van der Waals surface area contributed by atoms with Gasteiger partial charge in [0, 0.05) is 11.1 Å². The Bertz CT molecular complexity index is 1200. The summed E-state index contributed by atoms with van der Waals surface area (Å²) in [4.78, 5) is 12.3. The van der Waals surface area contributed by atoms with E-state index in [1.807, 2.05) is 26.0 Å². The minimum atomic E-state index is -0.355. The molecule has 0 aliphatic heterocycles. The third kappa shape index (κ3) is 6.50. The second-order valence-electron chi connectivity index (χ2n) is 6.98. The molecule has 0 heterocycles. The van der Waals surface area contributed by atoms with Gasteiger partial charge in [0.2, 0.25) is 0 Å². The summed E-state index contributed by atoms with van der Waals surface area (Å²) in [5.74, 6) is 1.14. The Morgan fingerprint density at radius 2 is 1.79 bits per heavy atom. The largest absolute Gasteiger partial charge is 0.494 e. The number of rotatable bonds is 10. The molecule has 0 aliphatic carbocycles. The maximum absolute atomic E-state index is 12.3. The number of benzene rings is 3. The smallest absolute Gasteiger partial charge is 0.271 e. The lowest BCUT2D eigenvalue weighted by molar-refractivity contribution is 0.0955. The standard InChI is InChI=1S/C26H24ClN3O4/c1-3-32-22-11-9-19(10-12-22)26(31)30-29-16-18-13-23(27)25(24(14-18)33-4-2)34-17-21-8-6-5-7-20(21)15-28/h5-14,16H,3-4,17H2,1-2H3,(H,30,31)/b29-16+. The van der Waals surface area contributed by atoms with Crippen molar-refractivity contribution in [1.29, 1.82) is 5.26 Å². The molecule has 8 heteroatoms. The number of hydrazone groups is 1. The van der Waals surface area contributed by atoms with Gasteiger partial charge < -0.3 is 14.2 Å². The van der Waals surface area contributed by atoms with E-state index in [1.54, 1.807) is 48.5 Å². The molecule has 1 N–H and O–H groups in total. The van der Waals surface area contributed by atoms with Gasteiger partial charge in [-0.2, -0.15) is 10.4 Å². The SMILES string of the molecule is CCOc1ccc(C(=O)N/N=C/c2cc(Cl)c(OCc3ccccc3C#N)c(OCC)c2)cc1. The molecule has 0 aromatic heterocycles. The molecule has 0 atom stereocenters. The van der Waals surface area contributed by atoms with Gasteiger partial charge in [0.1, 0.15) is 12.4 Å². The molecule has 174 valence electrons. The number of nitrogens with one attached hydrogen (secondary N) is 1. The molecule has 1 amide bonds. The van der Waals surface area contributed by atoms with Crippen LogP contribution in [0.25, 0.3) is 0 Å². The van der Waals surface area contributed by atoms with Crippen LogP contribution in [0.1, 0.15) is 40.9 Å². The van der Waals surface area contributed by atoms with Crippen molar-refractivity contribution >= 4 is 23.7 Å². The first kappa shape index (κ1) is 24.6. The molecular formula is C26H24ClN3O4. The second-order valence-corrected chi connectivity index (χ2v) is 7.38. The number of amides is 1. The summed E-state index contributed by atoms with van der Waals surface area (Å²) in [6.45, 7) is 4.86. The van der Waals surface area contributed by atoms with Crippen molar-refractivity contribution < 1.29 is 19.0 Å². The molecule has 3 aromatic rings. The molecule has 0 saturated carbocycles. The molecule has 0 unspecified atom stereocenters. The minimum Gasteiger partial charge on any atom is -0.494 e. The first-order valence-corrected chi connectivity index (χ1v) is 11.1. The Labute approximate surface area is 203 Å². The maximum atomic E-state index is 12.3. The van der Waals surface area contributed by atoms with E-state index in [0.717, 1.165) is 5.56 Å². The van der Waals surface area contributed by atoms with Crippen LogP contribution in [0.3, 0.4) is 0 Å². The Kier molecular flexibility index (Phi) is 8.89. The number of hydrogen-bond donors (Lipinski definition) is 1. The molecule has 0 fully saturated rings. The topological polar surface area (TPSA) is 92.9 Å². The van der Waals surface area contributed by atoms with Gasteiger partial charge in [-0.25, -0.2) is 5.43 Å². The van der Waals surface area contributed by atoms with Crippen molar-refractivity contribution in [3.8, 4) is 23.3 Å². The number of hydrogen-bond acceptors (Lipinski definition) is 6. The molecule has 0 radical (unpaired) electrons. The highest BCUT2D eigenvalue weighted by Crippen LogP contribution is 2.37. The highest BCUT2D eigenvalue weighted by Gasteiger charge is 2.14. The van der Waals surface area contributed by atoms with Crippen molar-refractivity contribution in [2.75, 3.05) is 13.2 Å². The van der Waals surface area contributed by atoms with E-state index in [0.29, 0.717) is 52.2 Å². The van der Waals surface area contributed by atoms with E-state index in [9.17, 15) is 10.1 Å². The predicted molar refractivity (Wildman–Crippen MR) is 131 cm³/mol. The van der Waals surface area contributed by atoms with Crippen molar-refractivity contribution in [2.24, 2.45) is 5.10 Å². The first-order chi connectivity index (χ1) is 16.5. The molecule has 7 nitrogen and oxygen atoms in total. The van der Waals surface area contributed by atoms with E-state index in [2.05, 4.69) is 16.6 Å². The summed E-state index contributed by atoms with van der Waals surface area (Å²) in [7, 11) is 0. The van der Waals surface area contributed by atoms with E-state index in [1.165, 1.54) is 6.21 Å². The average molecular weight is 478 g/mol. The summed E-state index contributed by atoms with van der Waals surface area (Å²) >= 11 is 6.46. The molecule has 0 bridgehead atoms. The fourth-order valence-corrected chi connectivity index (χ4v) is 3.34. The number of nitriles is 1. The lowest BCUT2D eigenvalue weighted by Gasteiger charge is -2.15. The van der Waals surface area contributed by atoms with Crippen LogP contribution in [0.5, 0.6) is 17.2 Å². The lowest BCUT2D eigenvalue weighted by Crippen LogP contribution is -2.17. The van der Waals surface area contributed by atoms with Crippen molar-refractivity contribution in [3.05, 3.63) is 87.9 Å². The maximum Gasteiger partial charge on any atom is 0.271 e. The summed E-state index contributed by atoms with van der Waals surface area (Å²) in [6.07, 6.45) is 1.47. The van der Waals surface area contributed by atoms with Gasteiger partial charge in [0.25, 0.3) is 5.91 Å². The van der Waals surface area contributed by atoms with Crippen LogP contribution in [0.4, 0.5) is 0 Å². The quantitative estimate of drug-likeness (QED) is 0.314. The van der Waals surface area contributed by atoms with Gasteiger partial charge in [0.05, 0.1) is 36.1 Å². The third-order valence-electron chi connectivity index (χ3n) is 4.65. The first-order valence-electron chi connectivity index (χ1n) is 10.7. The van der Waals surface area contributed by atoms with E-state index >= 15 is 0 Å².